The van der Waals surface area contributed by atoms with E-state index in [-0.39, 0.29) is 14.2 Å². The van der Waals surface area contributed by atoms with E-state index >= 15 is 0 Å². The molecule has 10 heavy (non-hydrogen) atoms. The van der Waals surface area contributed by atoms with Crippen molar-refractivity contribution in [2.24, 2.45) is 0 Å². The zero-order valence-electron chi connectivity index (χ0n) is 6.45. The maximum absolute atomic E-state index is 5.47. The molecule has 0 aromatic carbocycles. The molecule has 0 aliphatic rings. The third-order valence-corrected chi connectivity index (χ3v) is 3.00. The Morgan fingerprint density at radius 3 is 2.20 bits per heavy atom. The van der Waals surface area contributed by atoms with Crippen molar-refractivity contribution >= 4 is 41.0 Å². The van der Waals surface area contributed by atoms with Crippen molar-refractivity contribution in [2.75, 3.05) is 6.23 Å². The fourth-order valence-corrected chi connectivity index (χ4v) is 2.89. The van der Waals surface area contributed by atoms with E-state index in [2.05, 4.69) is 19.6 Å². The zero-order chi connectivity index (χ0) is 8.20. The first kappa shape index (κ1) is 11.0. The van der Waals surface area contributed by atoms with Crippen molar-refractivity contribution in [1.82, 2.24) is 0 Å². The van der Waals surface area contributed by atoms with E-state index in [9.17, 15) is 0 Å². The van der Waals surface area contributed by atoms with Crippen molar-refractivity contribution in [3.05, 3.63) is 0 Å². The van der Waals surface area contributed by atoms with Gasteiger partial charge in [0.2, 0.25) is 0 Å². The second kappa shape index (κ2) is 4.77. The summed E-state index contributed by atoms with van der Waals surface area (Å²) in [5.41, 5.74) is 0. The lowest BCUT2D eigenvalue weighted by molar-refractivity contribution is 0.403. The molecule has 0 rings (SSSR count). The molecule has 0 aliphatic carbocycles. The molecular formula is C5H12Cl2OSi2. The van der Waals surface area contributed by atoms with Crippen LogP contribution < -0.4 is 0 Å². The van der Waals surface area contributed by atoms with E-state index in [1.165, 1.54) is 0 Å². The second-order valence-corrected chi connectivity index (χ2v) is 11.6. The van der Waals surface area contributed by atoms with Gasteiger partial charge in [-0.2, -0.15) is 0 Å². The monoisotopic (exact) mass is 214 g/mol. The maximum atomic E-state index is 5.47. The van der Waals surface area contributed by atoms with Gasteiger partial charge in [-0.25, -0.2) is 0 Å². The van der Waals surface area contributed by atoms with Gasteiger partial charge in [0.25, 0.3) is 9.76 Å². The van der Waals surface area contributed by atoms with Crippen molar-refractivity contribution in [1.29, 1.82) is 0 Å². The van der Waals surface area contributed by atoms with Crippen molar-refractivity contribution in [2.45, 2.75) is 24.1 Å². The van der Waals surface area contributed by atoms with Gasteiger partial charge < -0.3 is 4.43 Å². The van der Waals surface area contributed by atoms with E-state index < -0.39 is 8.07 Å². The Labute approximate surface area is 76.0 Å². The Bertz CT molecular complexity index is 92.1. The normalized spacial score (nSPS) is 12.6. The topological polar surface area (TPSA) is 9.23 Å². The van der Waals surface area contributed by atoms with E-state index in [4.69, 9.17) is 27.6 Å². The van der Waals surface area contributed by atoms with Crippen molar-refractivity contribution in [3.8, 4) is 0 Å². The lowest BCUT2D eigenvalue weighted by Crippen LogP contribution is -2.30. The Hall–Kier alpha value is 0.974. The summed E-state index contributed by atoms with van der Waals surface area (Å²) in [5.74, 6) is 0. The quantitative estimate of drug-likeness (QED) is 0.516. The lowest BCUT2D eigenvalue weighted by Gasteiger charge is -2.15. The van der Waals surface area contributed by atoms with Crippen LogP contribution in [0, 0.1) is 0 Å². The molecule has 0 saturated heterocycles. The second-order valence-electron chi connectivity index (χ2n) is 3.27. The van der Waals surface area contributed by atoms with Crippen LogP contribution in [-0.4, -0.2) is 28.5 Å². The third kappa shape index (κ3) is 8.97. The minimum atomic E-state index is -1.06. The standard InChI is InChI=1S/C5H12Cl2OSi2/c1-10(2,3)4-8-9-5(6)7/h5H,4H2,1-3H3. The minimum Gasteiger partial charge on any atom is -0.418 e. The molecule has 0 fully saturated rings. The summed E-state index contributed by atoms with van der Waals surface area (Å²) in [5, 5.41) is 0. The summed E-state index contributed by atoms with van der Waals surface area (Å²) in [6, 6.07) is 0. The first-order valence-corrected chi connectivity index (χ1v) is 8.64. The molecule has 0 bridgehead atoms. The van der Waals surface area contributed by atoms with Gasteiger partial charge in [-0.15, -0.1) is 23.2 Å². The van der Waals surface area contributed by atoms with E-state index in [0.29, 0.717) is 0 Å². The molecule has 60 valence electrons. The minimum absolute atomic E-state index is 0.228. The van der Waals surface area contributed by atoms with Crippen LogP contribution in [-0.2, 0) is 4.43 Å². The summed E-state index contributed by atoms with van der Waals surface area (Å²) in [4.78, 5) is 0. The predicted octanol–water partition coefficient (Wildman–Crippen LogP) is 2.26. The third-order valence-electron chi connectivity index (χ3n) is 0.678. The van der Waals surface area contributed by atoms with Gasteiger partial charge in [0, 0.05) is 6.23 Å². The van der Waals surface area contributed by atoms with E-state index in [0.717, 1.165) is 6.23 Å². The summed E-state index contributed by atoms with van der Waals surface area (Å²) in [6.45, 7) is 6.73. The van der Waals surface area contributed by atoms with Gasteiger partial charge in [-0.05, 0) is 0 Å². The van der Waals surface area contributed by atoms with Gasteiger partial charge in [0.05, 0.1) is 8.07 Å². The number of hydrogen-bond donors (Lipinski definition) is 0. The molecule has 0 aliphatic heterocycles. The average molecular weight is 215 g/mol. The molecule has 0 amide bonds. The average Bonchev–Trinajstić information content (AvgIpc) is 1.59. The molecule has 2 radical (unpaired) electrons. The van der Waals surface area contributed by atoms with Crippen LogP contribution in [0.5, 0.6) is 0 Å². The van der Waals surface area contributed by atoms with Crippen molar-refractivity contribution < 1.29 is 4.43 Å². The number of rotatable bonds is 4. The highest BCUT2D eigenvalue weighted by Gasteiger charge is 2.14. The lowest BCUT2D eigenvalue weighted by atomic mass is 11.7. The molecule has 0 atom stereocenters. The molecule has 0 saturated carbocycles. The van der Waals surface area contributed by atoms with E-state index in [1.54, 1.807) is 0 Å². The Morgan fingerprint density at radius 2 is 1.90 bits per heavy atom. The van der Waals surface area contributed by atoms with Gasteiger partial charge >= 0.3 is 0 Å². The summed E-state index contributed by atoms with van der Waals surface area (Å²) in [6.07, 6.45) is 0.849. The predicted molar refractivity (Wildman–Crippen MR) is 50.5 cm³/mol. The van der Waals surface area contributed by atoms with Crippen LogP contribution in [0.25, 0.3) is 0 Å². The molecule has 1 nitrogen and oxygen atoms in total. The molecule has 0 aromatic rings. The Morgan fingerprint density at radius 1 is 1.40 bits per heavy atom. The molecule has 5 heteroatoms. The number of alkyl halides is 2. The van der Waals surface area contributed by atoms with Crippen LogP contribution in [0.15, 0.2) is 0 Å². The van der Waals surface area contributed by atoms with Crippen LogP contribution in [0.2, 0.25) is 19.6 Å². The molecule has 0 N–H and O–H groups in total. The van der Waals surface area contributed by atoms with Crippen LogP contribution in [0.4, 0.5) is 0 Å². The highest BCUT2D eigenvalue weighted by Crippen LogP contribution is 2.03. The van der Waals surface area contributed by atoms with Gasteiger partial charge in [-0.3, -0.25) is 0 Å². The molecule has 0 aromatic heterocycles. The van der Waals surface area contributed by atoms with Gasteiger partial charge in [0.15, 0.2) is 0 Å². The fourth-order valence-electron chi connectivity index (χ4n) is 0.321. The molecule has 0 heterocycles. The zero-order valence-corrected chi connectivity index (χ0v) is 9.96. The van der Waals surface area contributed by atoms with Gasteiger partial charge in [0.1, 0.15) is 4.46 Å². The van der Waals surface area contributed by atoms with E-state index in [1.807, 2.05) is 0 Å². The number of halogens is 2. The maximum Gasteiger partial charge on any atom is 0.265 e. The highest BCUT2D eigenvalue weighted by molar-refractivity contribution is 6.76. The smallest absolute Gasteiger partial charge is 0.265 e. The Kier molecular flexibility index (Phi) is 5.24. The fraction of sp³-hybridized carbons (Fsp3) is 1.00. The molecule has 0 unspecified atom stereocenters. The van der Waals surface area contributed by atoms with Crippen LogP contribution in [0.1, 0.15) is 0 Å². The summed E-state index contributed by atoms with van der Waals surface area (Å²) in [7, 11) is -0.829. The summed E-state index contributed by atoms with van der Waals surface area (Å²) >= 11 is 10.9. The number of hydrogen-bond acceptors (Lipinski definition) is 1. The molecular weight excluding hydrogens is 203 g/mol. The first-order valence-electron chi connectivity index (χ1n) is 3.07. The van der Waals surface area contributed by atoms with Crippen molar-refractivity contribution in [3.63, 3.8) is 0 Å². The highest BCUT2D eigenvalue weighted by atomic mass is 35.5. The van der Waals surface area contributed by atoms with Gasteiger partial charge in [-0.1, -0.05) is 19.6 Å². The SMILES string of the molecule is C[Si](C)(C)CO[Si]C(Cl)Cl. The Balaban J connectivity index is 3.21. The first-order chi connectivity index (χ1) is 4.42. The molecule has 0 spiro atoms. The van der Waals surface area contributed by atoms with Crippen LogP contribution in [0.3, 0.4) is 0 Å². The van der Waals surface area contributed by atoms with Crippen LogP contribution >= 0.6 is 23.2 Å². The largest absolute Gasteiger partial charge is 0.418 e. The summed E-state index contributed by atoms with van der Waals surface area (Å²) < 4.78 is 4.93.